The summed E-state index contributed by atoms with van der Waals surface area (Å²) in [6.45, 7) is 1.05. The lowest BCUT2D eigenvalue weighted by Crippen LogP contribution is -2.51. The van der Waals surface area contributed by atoms with Crippen LogP contribution >= 0.6 is 11.6 Å². The number of ether oxygens (including phenoxy) is 1. The van der Waals surface area contributed by atoms with E-state index < -0.39 is 48.9 Å². The number of nitrogens with zero attached hydrogens (tertiary/aromatic N) is 3. The second kappa shape index (κ2) is 7.93. The summed E-state index contributed by atoms with van der Waals surface area (Å²) in [4.78, 5) is 3.67. The molecule has 3 N–H and O–H groups in total. The minimum atomic E-state index is -3.52. The Morgan fingerprint density at radius 3 is 2.73 bits per heavy atom. The van der Waals surface area contributed by atoms with Gasteiger partial charge in [0.15, 0.2) is 12.1 Å². The normalized spacial score (nSPS) is 21.8. The van der Waals surface area contributed by atoms with E-state index in [1.807, 2.05) is 0 Å². The van der Waals surface area contributed by atoms with Crippen LogP contribution in [0.5, 0.6) is 0 Å². The zero-order chi connectivity index (χ0) is 22.3. The number of nitrogens with one attached hydrogen (secondary N) is 1. The molecule has 0 saturated carbocycles. The maximum Gasteiger partial charge on any atom is 0.310 e. The first kappa shape index (κ1) is 22.1. The molecular weight excluding hydrogens is 433 g/mol. The van der Waals surface area contributed by atoms with Crippen molar-refractivity contribution in [3.8, 4) is 0 Å². The maximum atomic E-state index is 14.5. The lowest BCUT2D eigenvalue weighted by molar-refractivity contribution is -0.117. The molecule has 1 aromatic heterocycles. The van der Waals surface area contributed by atoms with E-state index in [0.29, 0.717) is 0 Å². The number of aliphatic imine (C=N–C) groups is 1. The fourth-order valence-corrected chi connectivity index (χ4v) is 3.46. The molecular formula is C18H19ClF5N5O. The average Bonchev–Trinajstić information content (AvgIpc) is 3.00. The number of amidine groups is 1. The number of halogens is 6. The van der Waals surface area contributed by atoms with Crippen molar-refractivity contribution in [1.82, 2.24) is 9.78 Å². The fourth-order valence-electron chi connectivity index (χ4n) is 3.14. The molecule has 6 nitrogen and oxygen atoms in total. The van der Waals surface area contributed by atoms with Gasteiger partial charge in [0.05, 0.1) is 11.1 Å². The van der Waals surface area contributed by atoms with Crippen LogP contribution in [0.4, 0.5) is 27.6 Å². The van der Waals surface area contributed by atoms with Crippen LogP contribution in [0.3, 0.4) is 0 Å². The zero-order valence-electron chi connectivity index (χ0n) is 16.0. The third-order valence-corrected chi connectivity index (χ3v) is 5.09. The molecule has 0 bridgehead atoms. The number of alkyl halides is 4. The number of aromatic nitrogens is 2. The van der Waals surface area contributed by atoms with Crippen molar-refractivity contribution in [2.24, 2.45) is 10.7 Å². The predicted octanol–water partition coefficient (Wildman–Crippen LogP) is 4.31. The smallest absolute Gasteiger partial charge is 0.310 e. The lowest BCUT2D eigenvalue weighted by Gasteiger charge is -2.37. The van der Waals surface area contributed by atoms with Gasteiger partial charge in [0, 0.05) is 17.4 Å². The second-order valence-corrected chi connectivity index (χ2v) is 7.46. The number of benzene rings is 1. The molecule has 12 heteroatoms. The Labute approximate surface area is 173 Å². The number of anilines is 1. The van der Waals surface area contributed by atoms with Gasteiger partial charge in [-0.2, -0.15) is 13.9 Å². The van der Waals surface area contributed by atoms with Gasteiger partial charge in [0.2, 0.25) is 0 Å². The molecule has 0 radical (unpaired) electrons. The van der Waals surface area contributed by atoms with Crippen molar-refractivity contribution in [2.75, 3.05) is 11.9 Å². The van der Waals surface area contributed by atoms with Crippen molar-refractivity contribution >= 4 is 23.3 Å². The molecule has 0 fully saturated rings. The monoisotopic (exact) mass is 451 g/mol. The summed E-state index contributed by atoms with van der Waals surface area (Å²) in [7, 11) is 0. The SMILES string of the molecule is CC(Nc1ccc(F)c([C@@]2(C)N=C(N)OCC2(F)F)c1)c1nn(CC(F)F)cc1Cl. The van der Waals surface area contributed by atoms with Crippen molar-refractivity contribution in [3.05, 3.63) is 46.5 Å². The van der Waals surface area contributed by atoms with E-state index in [2.05, 4.69) is 20.1 Å². The summed E-state index contributed by atoms with van der Waals surface area (Å²) in [6.07, 6.45) is -1.34. The van der Waals surface area contributed by atoms with Crippen molar-refractivity contribution in [3.63, 3.8) is 0 Å². The van der Waals surface area contributed by atoms with Crippen LogP contribution in [0.25, 0.3) is 0 Å². The quantitative estimate of drug-likeness (QED) is 0.642. The number of rotatable bonds is 6. The van der Waals surface area contributed by atoms with Gasteiger partial charge in [-0.25, -0.2) is 18.2 Å². The average molecular weight is 452 g/mol. The largest absolute Gasteiger partial charge is 0.459 e. The van der Waals surface area contributed by atoms with Crippen LogP contribution in [-0.4, -0.2) is 34.8 Å². The summed E-state index contributed by atoms with van der Waals surface area (Å²) in [6, 6.07) is 2.49. The molecule has 0 aliphatic carbocycles. The third kappa shape index (κ3) is 4.16. The summed E-state index contributed by atoms with van der Waals surface area (Å²) in [5.74, 6) is -4.41. The molecule has 2 heterocycles. The first-order valence-corrected chi connectivity index (χ1v) is 9.24. The van der Waals surface area contributed by atoms with Crippen molar-refractivity contribution < 1.29 is 26.7 Å². The first-order chi connectivity index (χ1) is 13.9. The van der Waals surface area contributed by atoms with Gasteiger partial charge in [0.25, 0.3) is 12.4 Å². The Morgan fingerprint density at radius 1 is 1.37 bits per heavy atom. The molecule has 0 spiro atoms. The Bertz CT molecular complexity index is 966. The van der Waals surface area contributed by atoms with Gasteiger partial charge in [-0.1, -0.05) is 11.6 Å². The van der Waals surface area contributed by atoms with E-state index in [1.54, 1.807) is 6.92 Å². The lowest BCUT2D eigenvalue weighted by atomic mass is 9.85. The molecule has 1 aliphatic heterocycles. The second-order valence-electron chi connectivity index (χ2n) is 7.05. The first-order valence-electron chi connectivity index (χ1n) is 8.86. The van der Waals surface area contributed by atoms with Crippen LogP contribution in [0, 0.1) is 5.82 Å². The Morgan fingerprint density at radius 2 is 2.07 bits per heavy atom. The van der Waals surface area contributed by atoms with Gasteiger partial charge < -0.3 is 15.8 Å². The van der Waals surface area contributed by atoms with Crippen LogP contribution in [0.15, 0.2) is 29.4 Å². The maximum absolute atomic E-state index is 14.5. The zero-order valence-corrected chi connectivity index (χ0v) is 16.7. The number of nitrogens with two attached hydrogens (primary N) is 1. The van der Waals surface area contributed by atoms with E-state index in [-0.39, 0.29) is 22.0 Å². The molecule has 2 aromatic rings. The van der Waals surface area contributed by atoms with Crippen LogP contribution in [0.2, 0.25) is 5.02 Å². The molecule has 0 saturated heterocycles. The van der Waals surface area contributed by atoms with Crippen LogP contribution in [-0.2, 0) is 16.8 Å². The highest BCUT2D eigenvalue weighted by Gasteiger charge is 2.56. The Hall–Kier alpha value is -2.56. The molecule has 2 atom stereocenters. The summed E-state index contributed by atoms with van der Waals surface area (Å²) >= 11 is 6.07. The topological polar surface area (TPSA) is 77.5 Å². The summed E-state index contributed by atoms with van der Waals surface area (Å²) < 4.78 is 74.3. The van der Waals surface area contributed by atoms with Gasteiger partial charge in [-0.05, 0) is 32.0 Å². The molecule has 30 heavy (non-hydrogen) atoms. The van der Waals surface area contributed by atoms with E-state index in [0.717, 1.165) is 17.7 Å². The van der Waals surface area contributed by atoms with Gasteiger partial charge in [-0.15, -0.1) is 0 Å². The van der Waals surface area contributed by atoms with E-state index in [4.69, 9.17) is 17.3 Å². The molecule has 3 rings (SSSR count). The minimum absolute atomic E-state index is 0.151. The summed E-state index contributed by atoms with van der Waals surface area (Å²) in [5, 5.41) is 7.12. The van der Waals surface area contributed by atoms with Gasteiger partial charge in [-0.3, -0.25) is 4.68 Å². The van der Waals surface area contributed by atoms with Gasteiger partial charge in [0.1, 0.15) is 18.1 Å². The highest BCUT2D eigenvalue weighted by molar-refractivity contribution is 6.31. The molecule has 164 valence electrons. The third-order valence-electron chi connectivity index (χ3n) is 4.80. The highest BCUT2D eigenvalue weighted by atomic mass is 35.5. The van der Waals surface area contributed by atoms with E-state index in [9.17, 15) is 22.0 Å². The fraction of sp³-hybridized carbons (Fsp3) is 0.444. The van der Waals surface area contributed by atoms with Crippen LogP contribution in [0.1, 0.15) is 31.1 Å². The molecule has 1 aromatic carbocycles. The molecule has 1 unspecified atom stereocenters. The van der Waals surface area contributed by atoms with Crippen molar-refractivity contribution in [1.29, 1.82) is 0 Å². The predicted molar refractivity (Wildman–Crippen MR) is 102 cm³/mol. The van der Waals surface area contributed by atoms with E-state index >= 15 is 0 Å². The van der Waals surface area contributed by atoms with Crippen molar-refractivity contribution in [2.45, 2.75) is 44.3 Å². The molecule has 1 aliphatic rings. The number of hydrogen-bond acceptors (Lipinski definition) is 5. The summed E-state index contributed by atoms with van der Waals surface area (Å²) in [5.41, 5.74) is 3.32. The highest BCUT2D eigenvalue weighted by Crippen LogP contribution is 2.45. The minimum Gasteiger partial charge on any atom is -0.459 e. The van der Waals surface area contributed by atoms with Gasteiger partial charge >= 0.3 is 5.92 Å². The van der Waals surface area contributed by atoms with Crippen LogP contribution < -0.4 is 11.1 Å². The Balaban J connectivity index is 1.91. The molecule has 0 amide bonds. The van der Waals surface area contributed by atoms with E-state index in [1.165, 1.54) is 18.3 Å². The Kier molecular flexibility index (Phi) is 5.85. The number of hydrogen-bond donors (Lipinski definition) is 2. The standard InChI is InChI=1S/C18H19ClF5N5O/c1-9(15-12(19)6-29(28-15)7-14(21)22)26-10-3-4-13(20)11(5-10)17(2)18(23,24)8-30-16(25)27-17/h3-6,9,14,26H,7-8H2,1-2H3,(H2,25,27)/t9?,17-/m1/s1.